The van der Waals surface area contributed by atoms with Crippen LogP contribution in [-0.4, -0.2) is 6.61 Å². The third kappa shape index (κ3) is 4.24. The average Bonchev–Trinajstić information content (AvgIpc) is 2.48. The Morgan fingerprint density at radius 3 is 2.43 bits per heavy atom. The van der Waals surface area contributed by atoms with Crippen LogP contribution in [0.15, 0.2) is 42.5 Å². The van der Waals surface area contributed by atoms with E-state index < -0.39 is 0 Å². The molecule has 0 N–H and O–H groups in total. The van der Waals surface area contributed by atoms with Crippen molar-refractivity contribution < 1.29 is 4.74 Å². The van der Waals surface area contributed by atoms with Gasteiger partial charge in [0.05, 0.1) is 18.6 Å². The summed E-state index contributed by atoms with van der Waals surface area (Å²) in [4.78, 5) is 0. The molecule has 0 heterocycles. The molecule has 2 nitrogen and oxygen atoms in total. The molecule has 0 aliphatic carbocycles. The molecule has 0 aliphatic heterocycles. The van der Waals surface area contributed by atoms with Crippen molar-refractivity contribution in [2.75, 3.05) is 6.61 Å². The Hall–Kier alpha value is -1.98. The first-order chi connectivity index (χ1) is 10.1. The minimum Gasteiger partial charge on any atom is -0.494 e. The van der Waals surface area contributed by atoms with Gasteiger partial charge < -0.3 is 4.74 Å². The maximum Gasteiger partial charge on any atom is 0.119 e. The van der Waals surface area contributed by atoms with Gasteiger partial charge in [0.2, 0.25) is 0 Å². The van der Waals surface area contributed by atoms with Crippen LogP contribution < -0.4 is 4.74 Å². The second-order valence-electron chi connectivity index (χ2n) is 5.12. The van der Waals surface area contributed by atoms with E-state index in [0.717, 1.165) is 11.3 Å². The Morgan fingerprint density at radius 2 is 1.81 bits per heavy atom. The van der Waals surface area contributed by atoms with Gasteiger partial charge in [-0.3, -0.25) is 0 Å². The fraction of sp³-hybridized carbons (Fsp3) is 0.278. The van der Waals surface area contributed by atoms with Crippen molar-refractivity contribution in [1.82, 2.24) is 0 Å². The molecule has 3 heteroatoms. The summed E-state index contributed by atoms with van der Waals surface area (Å²) in [7, 11) is 0. The molecule has 0 bridgehead atoms. The number of halogens is 1. The van der Waals surface area contributed by atoms with Gasteiger partial charge in [0, 0.05) is 11.4 Å². The average molecular weight is 300 g/mol. The number of nitriles is 1. The minimum absolute atomic E-state index is 0.172. The van der Waals surface area contributed by atoms with E-state index in [1.54, 1.807) is 0 Å². The van der Waals surface area contributed by atoms with Gasteiger partial charge in [0.15, 0.2) is 0 Å². The standard InChI is InChI=1S/C18H18ClNO/c1-13-3-8-18(11-14(13)2)21-10-9-16(12-20)15-4-6-17(19)7-5-15/h3-8,11,16H,9-10H2,1-2H3. The van der Waals surface area contributed by atoms with Crippen molar-refractivity contribution >= 4 is 11.6 Å². The second kappa shape index (κ2) is 7.15. The predicted molar refractivity (Wildman–Crippen MR) is 85.8 cm³/mol. The van der Waals surface area contributed by atoms with Gasteiger partial charge in [-0.2, -0.15) is 5.26 Å². The third-order valence-corrected chi connectivity index (χ3v) is 3.83. The van der Waals surface area contributed by atoms with Crippen molar-refractivity contribution in [3.63, 3.8) is 0 Å². The molecule has 0 aromatic heterocycles. The van der Waals surface area contributed by atoms with Crippen LogP contribution in [0.1, 0.15) is 29.0 Å². The molecular formula is C18H18ClNO. The van der Waals surface area contributed by atoms with Crippen molar-refractivity contribution in [2.45, 2.75) is 26.2 Å². The maximum atomic E-state index is 9.29. The van der Waals surface area contributed by atoms with Gasteiger partial charge in [-0.15, -0.1) is 0 Å². The topological polar surface area (TPSA) is 33.0 Å². The highest BCUT2D eigenvalue weighted by atomic mass is 35.5. The van der Waals surface area contributed by atoms with Crippen molar-refractivity contribution in [3.05, 3.63) is 64.2 Å². The molecule has 1 unspecified atom stereocenters. The fourth-order valence-electron chi connectivity index (χ4n) is 2.10. The van der Waals surface area contributed by atoms with E-state index in [2.05, 4.69) is 19.9 Å². The molecule has 2 aromatic carbocycles. The number of rotatable bonds is 5. The minimum atomic E-state index is -0.172. The van der Waals surface area contributed by atoms with Gasteiger partial charge in [-0.1, -0.05) is 29.8 Å². The fourth-order valence-corrected chi connectivity index (χ4v) is 2.23. The highest BCUT2D eigenvalue weighted by Gasteiger charge is 2.10. The Balaban J connectivity index is 1.93. The number of benzene rings is 2. The van der Waals surface area contributed by atoms with E-state index in [9.17, 15) is 5.26 Å². The smallest absolute Gasteiger partial charge is 0.119 e. The lowest BCUT2D eigenvalue weighted by Gasteiger charge is -2.12. The third-order valence-electron chi connectivity index (χ3n) is 3.58. The molecule has 1 atom stereocenters. The van der Waals surface area contributed by atoms with Crippen LogP contribution in [0.2, 0.25) is 5.02 Å². The molecule has 2 rings (SSSR count). The van der Waals surface area contributed by atoms with E-state index >= 15 is 0 Å². The van der Waals surface area contributed by atoms with Gasteiger partial charge in [-0.05, 0) is 54.8 Å². The van der Waals surface area contributed by atoms with Gasteiger partial charge in [0.25, 0.3) is 0 Å². The summed E-state index contributed by atoms with van der Waals surface area (Å²) in [5.74, 6) is 0.680. The summed E-state index contributed by atoms with van der Waals surface area (Å²) >= 11 is 5.86. The SMILES string of the molecule is Cc1ccc(OCCC(C#N)c2ccc(Cl)cc2)cc1C. The Bertz CT molecular complexity index is 643. The summed E-state index contributed by atoms with van der Waals surface area (Å²) in [5, 5.41) is 9.97. The second-order valence-corrected chi connectivity index (χ2v) is 5.55. The van der Waals surface area contributed by atoms with Crippen LogP contribution in [0.3, 0.4) is 0 Å². The molecule has 21 heavy (non-hydrogen) atoms. The highest BCUT2D eigenvalue weighted by Crippen LogP contribution is 2.22. The van der Waals surface area contributed by atoms with Crippen molar-refractivity contribution in [3.8, 4) is 11.8 Å². The van der Waals surface area contributed by atoms with Crippen molar-refractivity contribution in [1.29, 1.82) is 5.26 Å². The highest BCUT2D eigenvalue weighted by molar-refractivity contribution is 6.30. The van der Waals surface area contributed by atoms with Crippen LogP contribution in [-0.2, 0) is 0 Å². The van der Waals surface area contributed by atoms with Crippen LogP contribution in [0.5, 0.6) is 5.75 Å². The summed E-state index contributed by atoms with van der Waals surface area (Å²) in [6, 6.07) is 15.8. The van der Waals surface area contributed by atoms with Crippen LogP contribution in [0.4, 0.5) is 0 Å². The van der Waals surface area contributed by atoms with Crippen molar-refractivity contribution in [2.24, 2.45) is 0 Å². The van der Waals surface area contributed by atoms with Crippen LogP contribution >= 0.6 is 11.6 Å². The summed E-state index contributed by atoms with van der Waals surface area (Å²) in [5.41, 5.74) is 3.44. The first-order valence-electron chi connectivity index (χ1n) is 6.95. The lowest BCUT2D eigenvalue weighted by atomic mass is 9.98. The Kier molecular flexibility index (Phi) is 5.25. The molecule has 0 fully saturated rings. The lowest BCUT2D eigenvalue weighted by Crippen LogP contribution is -2.04. The van der Waals surface area contributed by atoms with Gasteiger partial charge in [-0.25, -0.2) is 0 Å². The molecule has 2 aromatic rings. The number of hydrogen-bond acceptors (Lipinski definition) is 2. The number of aryl methyl sites for hydroxylation is 2. The Labute approximate surface area is 130 Å². The zero-order chi connectivity index (χ0) is 15.2. The first-order valence-corrected chi connectivity index (χ1v) is 7.33. The predicted octanol–water partition coefficient (Wildman–Crippen LogP) is 5.03. The summed E-state index contributed by atoms with van der Waals surface area (Å²) in [6.07, 6.45) is 0.658. The van der Waals surface area contributed by atoms with E-state index in [1.165, 1.54) is 11.1 Å². The quantitative estimate of drug-likeness (QED) is 0.775. The summed E-state index contributed by atoms with van der Waals surface area (Å²) in [6.45, 7) is 4.66. The number of hydrogen-bond donors (Lipinski definition) is 0. The number of ether oxygens (including phenoxy) is 1. The van der Waals surface area contributed by atoms with E-state index in [-0.39, 0.29) is 5.92 Å². The molecule has 0 saturated carbocycles. The molecule has 0 spiro atoms. The molecule has 108 valence electrons. The molecule has 0 amide bonds. The molecule has 0 aliphatic rings. The molecular weight excluding hydrogens is 282 g/mol. The largest absolute Gasteiger partial charge is 0.494 e. The van der Waals surface area contributed by atoms with Gasteiger partial charge >= 0.3 is 0 Å². The first kappa shape index (κ1) is 15.4. The molecule has 0 saturated heterocycles. The summed E-state index contributed by atoms with van der Waals surface area (Å²) < 4.78 is 5.74. The maximum absolute atomic E-state index is 9.29. The lowest BCUT2D eigenvalue weighted by molar-refractivity contribution is 0.305. The van der Waals surface area contributed by atoms with Crippen LogP contribution in [0, 0.1) is 25.2 Å². The zero-order valence-electron chi connectivity index (χ0n) is 12.3. The van der Waals surface area contributed by atoms with Gasteiger partial charge in [0.1, 0.15) is 5.75 Å². The number of nitrogens with zero attached hydrogens (tertiary/aromatic N) is 1. The Morgan fingerprint density at radius 1 is 1.10 bits per heavy atom. The normalized spacial score (nSPS) is 11.7. The zero-order valence-corrected chi connectivity index (χ0v) is 13.0. The monoisotopic (exact) mass is 299 g/mol. The van der Waals surface area contributed by atoms with Crippen LogP contribution in [0.25, 0.3) is 0 Å². The van der Waals surface area contributed by atoms with E-state index in [4.69, 9.17) is 16.3 Å². The van der Waals surface area contributed by atoms with E-state index in [1.807, 2.05) is 42.5 Å². The van der Waals surface area contributed by atoms with E-state index in [0.29, 0.717) is 18.1 Å². The molecule has 0 radical (unpaired) electrons.